The zero-order valence-electron chi connectivity index (χ0n) is 30.7. The molecule has 11 aromatic rings. The van der Waals surface area contributed by atoms with Gasteiger partial charge in [-0.3, -0.25) is 0 Å². The fourth-order valence-corrected chi connectivity index (χ4v) is 8.79. The third kappa shape index (κ3) is 5.06. The van der Waals surface area contributed by atoms with Gasteiger partial charge in [0, 0.05) is 44.7 Å². The second kappa shape index (κ2) is 12.4. The molecule has 5 nitrogen and oxygen atoms in total. The molecular formula is C52H32N4O. The lowest BCUT2D eigenvalue weighted by Gasteiger charge is -2.13. The van der Waals surface area contributed by atoms with Gasteiger partial charge in [0.2, 0.25) is 0 Å². The highest BCUT2D eigenvalue weighted by atomic mass is 16.3. The summed E-state index contributed by atoms with van der Waals surface area (Å²) in [6, 6.07) is 64.1. The van der Waals surface area contributed by atoms with Crippen molar-refractivity contribution in [2.75, 3.05) is 0 Å². The summed E-state index contributed by atoms with van der Waals surface area (Å²) in [5.74, 6) is 1.87. The van der Waals surface area contributed by atoms with Crippen LogP contribution in [0.5, 0.6) is 0 Å². The Morgan fingerprint density at radius 1 is 0.386 bits per heavy atom. The van der Waals surface area contributed by atoms with E-state index in [1.165, 1.54) is 55.3 Å². The molecule has 5 heteroatoms. The van der Waals surface area contributed by atoms with Crippen LogP contribution in [0.2, 0.25) is 0 Å². The van der Waals surface area contributed by atoms with E-state index in [1.807, 2.05) is 60.7 Å². The van der Waals surface area contributed by atoms with Crippen LogP contribution in [0.3, 0.4) is 0 Å². The molecule has 0 N–H and O–H groups in total. The summed E-state index contributed by atoms with van der Waals surface area (Å²) in [5, 5.41) is 4.69. The Hall–Kier alpha value is -7.63. The maximum Gasteiger partial charge on any atom is 0.164 e. The minimum atomic E-state index is 0.602. The topological polar surface area (TPSA) is 56.7 Å². The van der Waals surface area contributed by atoms with E-state index in [9.17, 15) is 0 Å². The van der Waals surface area contributed by atoms with Gasteiger partial charge in [-0.25, -0.2) is 15.0 Å². The van der Waals surface area contributed by atoms with Gasteiger partial charge in [0.25, 0.3) is 0 Å². The standard InChI is InChI=1S/C52H32N4O/c1-3-12-32(13-4-1)50-53-51(33-14-5-2-6-15-33)55-52(54-50)37-24-26-41-44-29-35(25-27-48(44)57-49(41)31-37)34-22-23-36-30-43-38(42(36)28-34)18-11-21-47(43)56-45-19-9-7-16-39(45)40-17-8-10-20-46(40)56/h1-29,31H,30H2. The van der Waals surface area contributed by atoms with E-state index in [2.05, 4.69) is 126 Å². The van der Waals surface area contributed by atoms with Crippen LogP contribution in [0, 0.1) is 0 Å². The predicted octanol–water partition coefficient (Wildman–Crippen LogP) is 13.1. The lowest BCUT2D eigenvalue weighted by atomic mass is 9.97. The Kier molecular flexibility index (Phi) is 6.92. The first-order valence-electron chi connectivity index (χ1n) is 19.3. The average molecular weight is 729 g/mol. The van der Waals surface area contributed by atoms with E-state index in [-0.39, 0.29) is 0 Å². The molecule has 0 amide bonds. The Morgan fingerprint density at radius 3 is 1.68 bits per heavy atom. The van der Waals surface area contributed by atoms with Crippen molar-refractivity contribution < 1.29 is 4.42 Å². The van der Waals surface area contributed by atoms with E-state index in [0.717, 1.165) is 50.6 Å². The molecule has 12 rings (SSSR count). The van der Waals surface area contributed by atoms with Gasteiger partial charge in [-0.05, 0) is 81.9 Å². The van der Waals surface area contributed by atoms with Gasteiger partial charge in [-0.15, -0.1) is 0 Å². The summed E-state index contributed by atoms with van der Waals surface area (Å²) < 4.78 is 8.94. The molecule has 8 aromatic carbocycles. The number of hydrogen-bond donors (Lipinski definition) is 0. The molecule has 0 unspecified atom stereocenters. The number of benzene rings is 8. The lowest BCUT2D eigenvalue weighted by molar-refractivity contribution is 0.669. The molecule has 3 heterocycles. The van der Waals surface area contributed by atoms with Crippen molar-refractivity contribution >= 4 is 43.7 Å². The first kappa shape index (κ1) is 31.7. The van der Waals surface area contributed by atoms with Crippen LogP contribution < -0.4 is 0 Å². The SMILES string of the molecule is c1ccc(-c2nc(-c3ccccc3)nc(-c3ccc4c(c3)oc3ccc(-c5ccc6c(c5)-c5cccc(-n7c8ccccc8c8ccccc87)c5C6)cc34)n2)cc1. The Morgan fingerprint density at radius 2 is 0.982 bits per heavy atom. The molecular weight excluding hydrogens is 697 g/mol. The van der Waals surface area contributed by atoms with Crippen LogP contribution >= 0.6 is 0 Å². The van der Waals surface area contributed by atoms with Crippen LogP contribution in [0.4, 0.5) is 0 Å². The zero-order valence-corrected chi connectivity index (χ0v) is 30.7. The van der Waals surface area contributed by atoms with E-state index in [4.69, 9.17) is 19.4 Å². The van der Waals surface area contributed by atoms with Crippen LogP contribution in [0.1, 0.15) is 11.1 Å². The number of furan rings is 1. The minimum Gasteiger partial charge on any atom is -0.456 e. The molecule has 57 heavy (non-hydrogen) atoms. The van der Waals surface area contributed by atoms with Gasteiger partial charge >= 0.3 is 0 Å². The third-order valence-corrected chi connectivity index (χ3v) is 11.5. The maximum absolute atomic E-state index is 6.49. The Labute approximate surface area is 328 Å². The Bertz CT molecular complexity index is 3270. The monoisotopic (exact) mass is 728 g/mol. The molecule has 0 fully saturated rings. The molecule has 0 saturated heterocycles. The smallest absolute Gasteiger partial charge is 0.164 e. The van der Waals surface area contributed by atoms with Gasteiger partial charge in [-0.1, -0.05) is 133 Å². The molecule has 0 aliphatic heterocycles. The van der Waals surface area contributed by atoms with Crippen molar-refractivity contribution in [3.63, 3.8) is 0 Å². The summed E-state index contributed by atoms with van der Waals surface area (Å²) in [5.41, 5.74) is 15.8. The number of fused-ring (bicyclic) bond motifs is 9. The number of rotatable bonds is 5. The van der Waals surface area contributed by atoms with Gasteiger partial charge in [0.15, 0.2) is 17.5 Å². The quantitative estimate of drug-likeness (QED) is 0.177. The zero-order chi connectivity index (χ0) is 37.5. The molecule has 0 atom stereocenters. The molecule has 0 saturated carbocycles. The van der Waals surface area contributed by atoms with E-state index >= 15 is 0 Å². The van der Waals surface area contributed by atoms with Crippen molar-refractivity contribution in [2.24, 2.45) is 0 Å². The summed E-state index contributed by atoms with van der Waals surface area (Å²) >= 11 is 0. The fourth-order valence-electron chi connectivity index (χ4n) is 8.79. The van der Waals surface area contributed by atoms with Crippen LogP contribution in [0.25, 0.3) is 106 Å². The Balaban J connectivity index is 0.929. The van der Waals surface area contributed by atoms with Crippen molar-refractivity contribution in [3.05, 3.63) is 193 Å². The first-order chi connectivity index (χ1) is 28.2. The number of nitrogens with zero attached hydrogens (tertiary/aromatic N) is 4. The molecule has 3 aromatic heterocycles. The van der Waals surface area contributed by atoms with Crippen LogP contribution in [-0.2, 0) is 6.42 Å². The largest absolute Gasteiger partial charge is 0.456 e. The molecule has 266 valence electrons. The second-order valence-electron chi connectivity index (χ2n) is 14.8. The maximum atomic E-state index is 6.49. The minimum absolute atomic E-state index is 0.602. The van der Waals surface area contributed by atoms with Gasteiger partial charge < -0.3 is 8.98 Å². The van der Waals surface area contributed by atoms with Gasteiger partial charge in [0.05, 0.1) is 16.7 Å². The normalized spacial score (nSPS) is 12.1. The van der Waals surface area contributed by atoms with Gasteiger partial charge in [0.1, 0.15) is 11.2 Å². The van der Waals surface area contributed by atoms with E-state index in [0.29, 0.717) is 17.5 Å². The van der Waals surface area contributed by atoms with Gasteiger partial charge in [-0.2, -0.15) is 0 Å². The molecule has 0 bridgehead atoms. The number of hydrogen-bond acceptors (Lipinski definition) is 4. The highest BCUT2D eigenvalue weighted by Crippen LogP contribution is 2.44. The molecule has 0 spiro atoms. The summed E-state index contributed by atoms with van der Waals surface area (Å²) in [6.07, 6.45) is 0.899. The number of aromatic nitrogens is 4. The second-order valence-corrected chi connectivity index (χ2v) is 14.8. The summed E-state index contributed by atoms with van der Waals surface area (Å²) in [4.78, 5) is 14.7. The first-order valence-corrected chi connectivity index (χ1v) is 19.3. The third-order valence-electron chi connectivity index (χ3n) is 11.5. The summed E-state index contributed by atoms with van der Waals surface area (Å²) in [6.45, 7) is 0. The molecule has 0 radical (unpaired) electrons. The average Bonchev–Trinajstić information content (AvgIpc) is 3.95. The van der Waals surface area contributed by atoms with Crippen molar-refractivity contribution in [3.8, 4) is 62.1 Å². The van der Waals surface area contributed by atoms with Crippen molar-refractivity contribution in [1.29, 1.82) is 0 Å². The summed E-state index contributed by atoms with van der Waals surface area (Å²) in [7, 11) is 0. The number of para-hydroxylation sites is 2. The molecule has 1 aliphatic carbocycles. The van der Waals surface area contributed by atoms with Crippen molar-refractivity contribution in [1.82, 2.24) is 19.5 Å². The van der Waals surface area contributed by atoms with E-state index < -0.39 is 0 Å². The van der Waals surface area contributed by atoms with Crippen molar-refractivity contribution in [2.45, 2.75) is 6.42 Å². The fraction of sp³-hybridized carbons (Fsp3) is 0.0192. The highest BCUT2D eigenvalue weighted by molar-refractivity contribution is 6.10. The molecule has 1 aliphatic rings. The van der Waals surface area contributed by atoms with Crippen LogP contribution in [-0.4, -0.2) is 19.5 Å². The van der Waals surface area contributed by atoms with E-state index in [1.54, 1.807) is 0 Å². The highest BCUT2D eigenvalue weighted by Gasteiger charge is 2.24. The predicted molar refractivity (Wildman–Crippen MR) is 231 cm³/mol. The van der Waals surface area contributed by atoms with Crippen LogP contribution in [0.15, 0.2) is 186 Å². The lowest BCUT2D eigenvalue weighted by Crippen LogP contribution is -2.00.